The number of carboxylic acids is 1. The molecule has 0 aromatic heterocycles. The van der Waals surface area contributed by atoms with Gasteiger partial charge in [0.25, 0.3) is 10.1 Å². The standard InChI is InChI=1S/C17H23NO7S/c1-12(13-6-4-3-5-7-13)18-11-17(16(21)22,14(10-19)15(18)20)8-9-25-26(2,23)24/h3-7,12,14,19H,8-11H2,1-2H3,(H,21,22)/t12-,14-,17-/m1/s1. The van der Waals surface area contributed by atoms with Crippen LogP contribution in [0.5, 0.6) is 0 Å². The third kappa shape index (κ3) is 4.05. The van der Waals surface area contributed by atoms with Crippen LogP contribution in [0.2, 0.25) is 0 Å². The number of benzene rings is 1. The third-order valence-electron chi connectivity index (χ3n) is 4.90. The molecule has 1 aliphatic heterocycles. The second kappa shape index (κ2) is 7.73. The molecule has 9 heteroatoms. The van der Waals surface area contributed by atoms with Gasteiger partial charge in [-0.3, -0.25) is 13.8 Å². The van der Waals surface area contributed by atoms with Crippen molar-refractivity contribution < 1.29 is 32.4 Å². The normalized spacial score (nSPS) is 24.7. The first-order valence-corrected chi connectivity index (χ1v) is 9.98. The molecule has 1 heterocycles. The van der Waals surface area contributed by atoms with E-state index in [4.69, 9.17) is 0 Å². The summed E-state index contributed by atoms with van der Waals surface area (Å²) in [5.41, 5.74) is -0.773. The van der Waals surface area contributed by atoms with Crippen LogP contribution in [0.3, 0.4) is 0 Å². The fourth-order valence-electron chi connectivity index (χ4n) is 3.37. The Labute approximate surface area is 152 Å². The maximum atomic E-state index is 12.8. The van der Waals surface area contributed by atoms with Gasteiger partial charge in [0, 0.05) is 6.54 Å². The van der Waals surface area contributed by atoms with Gasteiger partial charge in [0.2, 0.25) is 5.91 Å². The van der Waals surface area contributed by atoms with Crippen LogP contribution in [0.4, 0.5) is 0 Å². The molecule has 0 unspecified atom stereocenters. The van der Waals surface area contributed by atoms with Gasteiger partial charge in [0.05, 0.1) is 31.4 Å². The molecule has 1 aliphatic rings. The molecule has 0 spiro atoms. The first kappa shape index (κ1) is 20.3. The highest BCUT2D eigenvalue weighted by Crippen LogP contribution is 2.43. The molecule has 1 aromatic rings. The van der Waals surface area contributed by atoms with Gasteiger partial charge in [-0.2, -0.15) is 8.42 Å². The average Bonchev–Trinajstić information content (AvgIpc) is 2.87. The Morgan fingerprint density at radius 1 is 1.38 bits per heavy atom. The van der Waals surface area contributed by atoms with Gasteiger partial charge in [-0.05, 0) is 18.9 Å². The monoisotopic (exact) mass is 385 g/mol. The van der Waals surface area contributed by atoms with Gasteiger partial charge in [-0.1, -0.05) is 30.3 Å². The molecular formula is C17H23NO7S. The van der Waals surface area contributed by atoms with Crippen LogP contribution in [-0.2, 0) is 23.9 Å². The number of aliphatic carboxylic acids is 1. The topological polar surface area (TPSA) is 121 Å². The Bertz CT molecular complexity index is 765. The van der Waals surface area contributed by atoms with E-state index in [0.717, 1.165) is 11.8 Å². The number of aliphatic hydroxyl groups excluding tert-OH is 1. The van der Waals surface area contributed by atoms with Crippen molar-refractivity contribution >= 4 is 22.0 Å². The summed E-state index contributed by atoms with van der Waals surface area (Å²) in [5.74, 6) is -2.88. The summed E-state index contributed by atoms with van der Waals surface area (Å²) >= 11 is 0. The number of rotatable bonds is 8. The molecule has 1 fully saturated rings. The Kier molecular flexibility index (Phi) is 6.05. The van der Waals surface area contributed by atoms with E-state index in [0.29, 0.717) is 0 Å². The molecule has 144 valence electrons. The number of likely N-dealkylation sites (tertiary alicyclic amines) is 1. The zero-order chi connectivity index (χ0) is 19.5. The van der Waals surface area contributed by atoms with E-state index in [9.17, 15) is 28.2 Å². The molecule has 0 aliphatic carbocycles. The second-order valence-corrected chi connectivity index (χ2v) is 8.17. The van der Waals surface area contributed by atoms with Crippen LogP contribution in [0.1, 0.15) is 24.9 Å². The van der Waals surface area contributed by atoms with Crippen molar-refractivity contribution in [1.82, 2.24) is 4.90 Å². The molecule has 0 radical (unpaired) electrons. The zero-order valence-electron chi connectivity index (χ0n) is 14.7. The number of carbonyl (C=O) groups is 2. The highest BCUT2D eigenvalue weighted by atomic mass is 32.2. The van der Waals surface area contributed by atoms with E-state index < -0.39 is 39.9 Å². The maximum Gasteiger partial charge on any atom is 0.312 e. The van der Waals surface area contributed by atoms with E-state index in [2.05, 4.69) is 4.18 Å². The summed E-state index contributed by atoms with van der Waals surface area (Å²) in [6, 6.07) is 8.76. The summed E-state index contributed by atoms with van der Waals surface area (Å²) in [5, 5.41) is 19.5. The van der Waals surface area contributed by atoms with Crippen LogP contribution in [0.15, 0.2) is 30.3 Å². The van der Waals surface area contributed by atoms with Crippen LogP contribution in [-0.4, -0.2) is 61.4 Å². The van der Waals surface area contributed by atoms with Crippen molar-refractivity contribution in [3.05, 3.63) is 35.9 Å². The number of carbonyl (C=O) groups excluding carboxylic acids is 1. The predicted octanol–water partition coefficient (Wildman–Crippen LogP) is 0.636. The molecule has 1 amide bonds. The third-order valence-corrected chi connectivity index (χ3v) is 5.50. The number of nitrogens with zero attached hydrogens (tertiary/aromatic N) is 1. The first-order valence-electron chi connectivity index (χ1n) is 8.16. The first-order chi connectivity index (χ1) is 12.1. The van der Waals surface area contributed by atoms with E-state index in [1.165, 1.54) is 4.90 Å². The van der Waals surface area contributed by atoms with Gasteiger partial charge in [0.15, 0.2) is 0 Å². The molecule has 0 bridgehead atoms. The lowest BCUT2D eigenvalue weighted by Crippen LogP contribution is -2.42. The molecule has 8 nitrogen and oxygen atoms in total. The minimum absolute atomic E-state index is 0.129. The Balaban J connectivity index is 2.30. The summed E-state index contributed by atoms with van der Waals surface area (Å²) in [6.07, 6.45) is 0.665. The van der Waals surface area contributed by atoms with Gasteiger partial charge in [-0.25, -0.2) is 0 Å². The van der Waals surface area contributed by atoms with Crippen LogP contribution in [0.25, 0.3) is 0 Å². The van der Waals surface area contributed by atoms with Crippen molar-refractivity contribution in [2.45, 2.75) is 19.4 Å². The van der Waals surface area contributed by atoms with Crippen molar-refractivity contribution in [3.63, 3.8) is 0 Å². The fraction of sp³-hybridized carbons (Fsp3) is 0.529. The van der Waals surface area contributed by atoms with Crippen molar-refractivity contribution in [3.8, 4) is 0 Å². The summed E-state index contributed by atoms with van der Waals surface area (Å²) in [4.78, 5) is 26.2. The Morgan fingerprint density at radius 2 is 2.00 bits per heavy atom. The molecule has 2 rings (SSSR count). The second-order valence-electron chi connectivity index (χ2n) is 6.53. The zero-order valence-corrected chi connectivity index (χ0v) is 15.5. The van der Waals surface area contributed by atoms with Gasteiger partial charge < -0.3 is 15.1 Å². The molecule has 1 saturated heterocycles. The smallest absolute Gasteiger partial charge is 0.312 e. The van der Waals surface area contributed by atoms with E-state index in [-0.39, 0.29) is 25.6 Å². The molecule has 0 saturated carbocycles. The fourth-order valence-corrected chi connectivity index (χ4v) is 3.76. The van der Waals surface area contributed by atoms with Gasteiger partial charge in [-0.15, -0.1) is 0 Å². The SMILES string of the molecule is C[C@H](c1ccccc1)N1C[C@@](CCOS(C)(=O)=O)(C(=O)O)[C@H](CO)C1=O. The summed E-state index contributed by atoms with van der Waals surface area (Å²) in [7, 11) is -3.73. The van der Waals surface area contributed by atoms with Gasteiger partial charge in [0.1, 0.15) is 5.41 Å². The number of hydrogen-bond donors (Lipinski definition) is 2. The molecule has 2 N–H and O–H groups in total. The molecule has 3 atom stereocenters. The lowest BCUT2D eigenvalue weighted by atomic mass is 9.75. The minimum atomic E-state index is -3.73. The lowest BCUT2D eigenvalue weighted by Gasteiger charge is -2.29. The van der Waals surface area contributed by atoms with Crippen molar-refractivity contribution in [1.29, 1.82) is 0 Å². The average molecular weight is 385 g/mol. The number of amides is 1. The Morgan fingerprint density at radius 3 is 2.50 bits per heavy atom. The number of carboxylic acid groups (broad SMARTS) is 1. The lowest BCUT2D eigenvalue weighted by molar-refractivity contribution is -0.154. The molecule has 26 heavy (non-hydrogen) atoms. The largest absolute Gasteiger partial charge is 0.481 e. The minimum Gasteiger partial charge on any atom is -0.481 e. The quantitative estimate of drug-likeness (QED) is 0.630. The Hall–Kier alpha value is -1.97. The molecule has 1 aromatic carbocycles. The van der Waals surface area contributed by atoms with E-state index in [1.54, 1.807) is 6.92 Å². The van der Waals surface area contributed by atoms with Crippen LogP contribution < -0.4 is 0 Å². The van der Waals surface area contributed by atoms with Crippen LogP contribution >= 0.6 is 0 Å². The number of aliphatic hydroxyl groups is 1. The summed E-state index contributed by atoms with van der Waals surface area (Å²) in [6.45, 7) is 0.646. The maximum absolute atomic E-state index is 12.8. The molecular weight excluding hydrogens is 362 g/mol. The summed E-state index contributed by atoms with van der Waals surface area (Å²) < 4.78 is 27.0. The predicted molar refractivity (Wildman–Crippen MR) is 92.6 cm³/mol. The highest BCUT2D eigenvalue weighted by Gasteiger charge is 2.57. The van der Waals surface area contributed by atoms with Crippen LogP contribution in [0, 0.1) is 11.3 Å². The highest BCUT2D eigenvalue weighted by molar-refractivity contribution is 7.85. The van der Waals surface area contributed by atoms with E-state index in [1.807, 2.05) is 30.3 Å². The van der Waals surface area contributed by atoms with Crippen molar-refractivity contribution in [2.24, 2.45) is 11.3 Å². The van der Waals surface area contributed by atoms with E-state index >= 15 is 0 Å². The van der Waals surface area contributed by atoms with Crippen molar-refractivity contribution in [2.75, 3.05) is 26.0 Å². The van der Waals surface area contributed by atoms with Gasteiger partial charge >= 0.3 is 5.97 Å². The number of hydrogen-bond acceptors (Lipinski definition) is 6.